The minimum absolute atomic E-state index is 0.0902. The van der Waals surface area contributed by atoms with Crippen LogP contribution in [0.15, 0.2) is 42.5 Å². The molecule has 5 heteroatoms. The molecule has 0 aromatic heterocycles. The molecule has 0 bridgehead atoms. The molecule has 27 heavy (non-hydrogen) atoms. The number of nitrogens with zero attached hydrogens (tertiary/aromatic N) is 1. The second-order valence-corrected chi connectivity index (χ2v) is 7.67. The molecular weight excluding hydrogens is 338 g/mol. The van der Waals surface area contributed by atoms with Crippen LogP contribution in [0, 0.1) is 13.8 Å². The molecule has 2 N–H and O–H groups in total. The number of fused-ring (bicyclic) bond motifs is 1. The lowest BCUT2D eigenvalue weighted by Crippen LogP contribution is -2.58. The highest BCUT2D eigenvalue weighted by molar-refractivity contribution is 6.06. The zero-order valence-electron chi connectivity index (χ0n) is 16.0. The Morgan fingerprint density at radius 2 is 1.81 bits per heavy atom. The highest BCUT2D eigenvalue weighted by Crippen LogP contribution is 2.36. The van der Waals surface area contributed by atoms with Crippen LogP contribution in [0.2, 0.25) is 0 Å². The molecule has 5 nitrogen and oxygen atoms in total. The maximum absolute atomic E-state index is 12.7. The number of carbonyl (C=O) groups excluding carboxylic acids is 1. The van der Waals surface area contributed by atoms with Crippen molar-refractivity contribution >= 4 is 17.3 Å². The summed E-state index contributed by atoms with van der Waals surface area (Å²) in [5.74, 6) is 1.05. The van der Waals surface area contributed by atoms with E-state index in [2.05, 4.69) is 41.5 Å². The standard InChI is InChI=1S/C22H27N3O2/c1-16-7-8-20(17(2)15-16)27-14-13-25-11-9-22(10-12-25)21(26)23-18-5-3-4-6-19(18)24-22/h3-8,15,24H,9-14H2,1-2H3,(H,23,26). The van der Waals surface area contributed by atoms with Gasteiger partial charge in [-0.25, -0.2) is 0 Å². The van der Waals surface area contributed by atoms with Crippen LogP contribution in [0.5, 0.6) is 5.75 Å². The average molecular weight is 365 g/mol. The fourth-order valence-electron chi connectivity index (χ4n) is 4.01. The first-order valence-corrected chi connectivity index (χ1v) is 9.67. The van der Waals surface area contributed by atoms with Gasteiger partial charge in [-0.15, -0.1) is 0 Å². The lowest BCUT2D eigenvalue weighted by atomic mass is 9.84. The minimum Gasteiger partial charge on any atom is -0.492 e. The lowest BCUT2D eigenvalue weighted by molar-refractivity contribution is -0.122. The first-order chi connectivity index (χ1) is 13.1. The fourth-order valence-corrected chi connectivity index (χ4v) is 4.01. The van der Waals surface area contributed by atoms with Crippen LogP contribution in [0.1, 0.15) is 24.0 Å². The number of likely N-dealkylation sites (tertiary alicyclic amines) is 1. The molecule has 0 saturated carbocycles. The summed E-state index contributed by atoms with van der Waals surface area (Å²) in [7, 11) is 0. The topological polar surface area (TPSA) is 53.6 Å². The van der Waals surface area contributed by atoms with E-state index >= 15 is 0 Å². The Hall–Kier alpha value is -2.53. The van der Waals surface area contributed by atoms with E-state index in [9.17, 15) is 4.79 Å². The third kappa shape index (κ3) is 3.65. The van der Waals surface area contributed by atoms with E-state index in [-0.39, 0.29) is 5.91 Å². The number of hydrogen-bond acceptors (Lipinski definition) is 4. The van der Waals surface area contributed by atoms with Crippen molar-refractivity contribution in [2.24, 2.45) is 0 Å². The number of nitrogens with one attached hydrogen (secondary N) is 2. The molecular formula is C22H27N3O2. The number of anilines is 2. The Labute approximate surface area is 160 Å². The molecule has 2 aliphatic heterocycles. The number of aryl methyl sites for hydroxylation is 2. The normalized spacial score (nSPS) is 18.5. The summed E-state index contributed by atoms with van der Waals surface area (Å²) < 4.78 is 5.96. The summed E-state index contributed by atoms with van der Waals surface area (Å²) in [4.78, 5) is 15.1. The Balaban J connectivity index is 1.31. The van der Waals surface area contributed by atoms with Crippen molar-refractivity contribution in [1.82, 2.24) is 4.90 Å². The van der Waals surface area contributed by atoms with Crippen LogP contribution in [0.3, 0.4) is 0 Å². The number of para-hydroxylation sites is 2. The summed E-state index contributed by atoms with van der Waals surface area (Å²) in [6.07, 6.45) is 1.60. The summed E-state index contributed by atoms with van der Waals surface area (Å²) in [6.45, 7) is 7.49. The molecule has 4 rings (SSSR count). The van der Waals surface area contributed by atoms with Crippen molar-refractivity contribution in [3.8, 4) is 5.75 Å². The van der Waals surface area contributed by atoms with E-state index in [1.807, 2.05) is 30.3 Å². The molecule has 0 radical (unpaired) electrons. The molecule has 2 aliphatic rings. The van der Waals surface area contributed by atoms with Gasteiger partial charge in [0.1, 0.15) is 17.9 Å². The third-order valence-electron chi connectivity index (χ3n) is 5.69. The van der Waals surface area contributed by atoms with Gasteiger partial charge in [0.05, 0.1) is 11.4 Å². The Morgan fingerprint density at radius 1 is 1.07 bits per heavy atom. The quantitative estimate of drug-likeness (QED) is 0.870. The van der Waals surface area contributed by atoms with Crippen molar-refractivity contribution in [3.63, 3.8) is 0 Å². The number of benzene rings is 2. The van der Waals surface area contributed by atoms with Crippen LogP contribution in [-0.2, 0) is 4.79 Å². The molecule has 2 aromatic rings. The van der Waals surface area contributed by atoms with E-state index in [0.29, 0.717) is 6.61 Å². The first-order valence-electron chi connectivity index (χ1n) is 9.67. The fraction of sp³-hybridized carbons (Fsp3) is 0.409. The van der Waals surface area contributed by atoms with E-state index in [0.717, 1.165) is 49.6 Å². The maximum atomic E-state index is 12.7. The average Bonchev–Trinajstić information content (AvgIpc) is 2.66. The summed E-state index contributed by atoms with van der Waals surface area (Å²) >= 11 is 0. The second kappa shape index (κ2) is 7.24. The third-order valence-corrected chi connectivity index (χ3v) is 5.69. The predicted molar refractivity (Wildman–Crippen MR) is 109 cm³/mol. The monoisotopic (exact) mass is 365 g/mol. The molecule has 1 amide bonds. The van der Waals surface area contributed by atoms with Crippen molar-refractivity contribution in [2.75, 3.05) is 36.9 Å². The van der Waals surface area contributed by atoms with Crippen LogP contribution < -0.4 is 15.4 Å². The predicted octanol–water partition coefficient (Wildman–Crippen LogP) is 3.58. The van der Waals surface area contributed by atoms with Gasteiger partial charge < -0.3 is 15.4 Å². The van der Waals surface area contributed by atoms with Crippen LogP contribution in [0.25, 0.3) is 0 Å². The van der Waals surface area contributed by atoms with E-state index < -0.39 is 5.54 Å². The number of ether oxygens (including phenoxy) is 1. The Bertz CT molecular complexity index is 841. The summed E-state index contributed by atoms with van der Waals surface area (Å²) in [6, 6.07) is 14.2. The van der Waals surface area contributed by atoms with Gasteiger partial charge in [0.15, 0.2) is 0 Å². The van der Waals surface area contributed by atoms with Crippen molar-refractivity contribution < 1.29 is 9.53 Å². The maximum Gasteiger partial charge on any atom is 0.250 e. The molecule has 1 spiro atoms. The first kappa shape index (κ1) is 17.9. The Kier molecular flexibility index (Phi) is 4.79. The van der Waals surface area contributed by atoms with Gasteiger partial charge in [-0.1, -0.05) is 29.8 Å². The van der Waals surface area contributed by atoms with E-state index in [4.69, 9.17) is 4.74 Å². The molecule has 1 fully saturated rings. The van der Waals surface area contributed by atoms with E-state index in [1.165, 1.54) is 11.1 Å². The van der Waals surface area contributed by atoms with Crippen molar-refractivity contribution in [2.45, 2.75) is 32.2 Å². The number of hydrogen-bond donors (Lipinski definition) is 2. The Morgan fingerprint density at radius 3 is 2.56 bits per heavy atom. The van der Waals surface area contributed by atoms with Gasteiger partial charge in [0.25, 0.3) is 0 Å². The zero-order valence-corrected chi connectivity index (χ0v) is 16.0. The smallest absolute Gasteiger partial charge is 0.250 e. The van der Waals surface area contributed by atoms with Crippen LogP contribution in [-0.4, -0.2) is 42.6 Å². The van der Waals surface area contributed by atoms with E-state index in [1.54, 1.807) is 0 Å². The van der Waals surface area contributed by atoms with Gasteiger partial charge >= 0.3 is 0 Å². The van der Waals surface area contributed by atoms with Crippen molar-refractivity contribution in [3.05, 3.63) is 53.6 Å². The SMILES string of the molecule is Cc1ccc(OCCN2CCC3(CC2)Nc2ccccc2NC3=O)c(C)c1. The van der Waals surface area contributed by atoms with Crippen LogP contribution in [0.4, 0.5) is 11.4 Å². The lowest BCUT2D eigenvalue weighted by Gasteiger charge is -2.44. The largest absolute Gasteiger partial charge is 0.492 e. The molecule has 0 unspecified atom stereocenters. The molecule has 1 saturated heterocycles. The van der Waals surface area contributed by atoms with Gasteiger partial charge in [-0.2, -0.15) is 0 Å². The highest BCUT2D eigenvalue weighted by Gasteiger charge is 2.44. The molecule has 0 atom stereocenters. The number of amides is 1. The number of carbonyl (C=O) groups is 1. The summed E-state index contributed by atoms with van der Waals surface area (Å²) in [5, 5.41) is 6.57. The highest BCUT2D eigenvalue weighted by atomic mass is 16.5. The zero-order chi connectivity index (χ0) is 18.9. The second-order valence-electron chi connectivity index (χ2n) is 7.67. The number of piperidine rings is 1. The van der Waals surface area contributed by atoms with Crippen molar-refractivity contribution in [1.29, 1.82) is 0 Å². The molecule has 2 aromatic carbocycles. The minimum atomic E-state index is -0.487. The van der Waals surface area contributed by atoms with Gasteiger partial charge in [0, 0.05) is 19.6 Å². The van der Waals surface area contributed by atoms with Crippen LogP contribution >= 0.6 is 0 Å². The van der Waals surface area contributed by atoms with Gasteiger partial charge in [0.2, 0.25) is 5.91 Å². The molecule has 142 valence electrons. The molecule has 2 heterocycles. The summed E-state index contributed by atoms with van der Waals surface area (Å²) in [5.41, 5.74) is 3.83. The number of rotatable bonds is 4. The van der Waals surface area contributed by atoms with Gasteiger partial charge in [-0.3, -0.25) is 9.69 Å². The van der Waals surface area contributed by atoms with Gasteiger partial charge in [-0.05, 0) is 50.5 Å². The molecule has 0 aliphatic carbocycles.